The summed E-state index contributed by atoms with van der Waals surface area (Å²) in [6.07, 6.45) is 5.08. The monoisotopic (exact) mass is 418 g/mol. The number of benzene rings is 2. The van der Waals surface area contributed by atoms with Crippen molar-refractivity contribution in [2.24, 2.45) is 0 Å². The molecular formula is C24H26N4O3. The van der Waals surface area contributed by atoms with Crippen LogP contribution in [0.5, 0.6) is 0 Å². The Kier molecular flexibility index (Phi) is 4.88. The molecule has 1 saturated heterocycles. The zero-order valence-corrected chi connectivity index (χ0v) is 17.4. The van der Waals surface area contributed by atoms with Crippen molar-refractivity contribution in [1.82, 2.24) is 10.2 Å². The fourth-order valence-electron chi connectivity index (χ4n) is 5.00. The van der Waals surface area contributed by atoms with Gasteiger partial charge in [-0.05, 0) is 72.6 Å². The summed E-state index contributed by atoms with van der Waals surface area (Å²) < 4.78 is 0. The Bertz CT molecular complexity index is 1090. The molecule has 7 nitrogen and oxygen atoms in total. The summed E-state index contributed by atoms with van der Waals surface area (Å²) in [5.74, 6) is -0.798. The first kappa shape index (κ1) is 19.6. The van der Waals surface area contributed by atoms with Crippen LogP contribution in [0.4, 0.5) is 11.4 Å². The molecular weight excluding hydrogens is 392 g/mol. The number of nitrogens with one attached hydrogen (secondary N) is 2. The summed E-state index contributed by atoms with van der Waals surface area (Å²) in [5, 5.41) is 5.89. The number of anilines is 2. The van der Waals surface area contributed by atoms with Crippen molar-refractivity contribution in [3.63, 3.8) is 0 Å². The zero-order valence-electron chi connectivity index (χ0n) is 17.4. The highest BCUT2D eigenvalue weighted by Crippen LogP contribution is 2.33. The summed E-state index contributed by atoms with van der Waals surface area (Å²) in [4.78, 5) is 38.1. The van der Waals surface area contributed by atoms with Crippen LogP contribution >= 0.6 is 0 Å². The number of nitrogens with two attached hydrogens (primary N) is 1. The molecule has 7 heteroatoms. The lowest BCUT2D eigenvalue weighted by Crippen LogP contribution is -2.52. The van der Waals surface area contributed by atoms with Crippen LogP contribution in [-0.2, 0) is 35.5 Å². The lowest BCUT2D eigenvalue weighted by atomic mass is 9.89. The third kappa shape index (κ3) is 3.54. The van der Waals surface area contributed by atoms with E-state index in [0.717, 1.165) is 35.3 Å². The first-order valence-corrected chi connectivity index (χ1v) is 10.9. The number of imide groups is 1. The first-order chi connectivity index (χ1) is 15.0. The molecule has 2 aromatic rings. The van der Waals surface area contributed by atoms with Crippen LogP contribution in [0.1, 0.15) is 58.3 Å². The molecule has 0 bridgehead atoms. The van der Waals surface area contributed by atoms with Gasteiger partial charge in [0, 0.05) is 36.4 Å². The van der Waals surface area contributed by atoms with Crippen LogP contribution in [0.3, 0.4) is 0 Å². The van der Waals surface area contributed by atoms with Gasteiger partial charge < -0.3 is 16.0 Å². The Balaban J connectivity index is 1.31. The molecule has 160 valence electrons. The van der Waals surface area contributed by atoms with Gasteiger partial charge in [-0.3, -0.25) is 19.7 Å². The number of rotatable bonds is 4. The highest BCUT2D eigenvalue weighted by atomic mass is 16.2. The summed E-state index contributed by atoms with van der Waals surface area (Å²) in [6.45, 7) is 1.04. The molecule has 0 radical (unpaired) electrons. The summed E-state index contributed by atoms with van der Waals surface area (Å²) >= 11 is 0. The molecule has 0 saturated carbocycles. The van der Waals surface area contributed by atoms with Gasteiger partial charge in [-0.2, -0.15) is 0 Å². The fraction of sp³-hybridized carbons (Fsp3) is 0.375. The molecule has 1 fully saturated rings. The Hall–Kier alpha value is -3.35. The van der Waals surface area contributed by atoms with E-state index in [2.05, 4.69) is 16.7 Å². The molecule has 0 aromatic heterocycles. The number of carbonyl (C=O) groups excluding carboxylic acids is 3. The molecule has 31 heavy (non-hydrogen) atoms. The van der Waals surface area contributed by atoms with E-state index in [4.69, 9.17) is 5.73 Å². The smallest absolute Gasteiger partial charge is 0.255 e. The number of carbonyl (C=O) groups is 3. The average Bonchev–Trinajstić information content (AvgIpc) is 3.09. The highest BCUT2D eigenvalue weighted by Gasteiger charge is 2.39. The van der Waals surface area contributed by atoms with Crippen LogP contribution in [0.25, 0.3) is 0 Å². The molecule has 1 unspecified atom stereocenters. The molecule has 3 aliphatic rings. The number of piperidine rings is 1. The minimum absolute atomic E-state index is 0.142. The van der Waals surface area contributed by atoms with Crippen molar-refractivity contribution in [3.8, 4) is 0 Å². The van der Waals surface area contributed by atoms with Crippen LogP contribution in [0.15, 0.2) is 30.3 Å². The highest BCUT2D eigenvalue weighted by molar-refractivity contribution is 6.05. The van der Waals surface area contributed by atoms with Gasteiger partial charge in [-0.25, -0.2) is 0 Å². The second kappa shape index (κ2) is 7.72. The second-order valence-corrected chi connectivity index (χ2v) is 8.61. The lowest BCUT2D eigenvalue weighted by molar-refractivity contribution is -0.136. The zero-order chi connectivity index (χ0) is 21.5. The van der Waals surface area contributed by atoms with Crippen molar-refractivity contribution in [1.29, 1.82) is 0 Å². The Labute approximate surface area is 181 Å². The van der Waals surface area contributed by atoms with Gasteiger partial charge in [0.15, 0.2) is 0 Å². The fourth-order valence-corrected chi connectivity index (χ4v) is 5.00. The number of nitrogen functional groups attached to an aromatic ring is 1. The van der Waals surface area contributed by atoms with Crippen molar-refractivity contribution in [2.75, 3.05) is 11.1 Å². The minimum Gasteiger partial charge on any atom is -0.398 e. The number of fused-ring (bicyclic) bond motifs is 2. The van der Waals surface area contributed by atoms with Crippen molar-refractivity contribution in [3.05, 3.63) is 58.1 Å². The summed E-state index contributed by atoms with van der Waals surface area (Å²) in [7, 11) is 0. The van der Waals surface area contributed by atoms with Gasteiger partial charge in [-0.1, -0.05) is 12.1 Å². The second-order valence-electron chi connectivity index (χ2n) is 8.61. The van der Waals surface area contributed by atoms with Gasteiger partial charge in [0.1, 0.15) is 6.04 Å². The van der Waals surface area contributed by atoms with Crippen LogP contribution in [-0.4, -0.2) is 28.7 Å². The predicted molar refractivity (Wildman–Crippen MR) is 117 cm³/mol. The van der Waals surface area contributed by atoms with Gasteiger partial charge in [-0.15, -0.1) is 0 Å². The topological polar surface area (TPSA) is 105 Å². The summed E-state index contributed by atoms with van der Waals surface area (Å²) in [6, 6.07) is 9.30. The first-order valence-electron chi connectivity index (χ1n) is 10.9. The molecule has 1 aliphatic carbocycles. The summed E-state index contributed by atoms with van der Waals surface area (Å²) in [5.41, 5.74) is 13.4. The van der Waals surface area contributed by atoms with E-state index < -0.39 is 6.04 Å². The molecule has 2 aromatic carbocycles. The SMILES string of the molecule is Nc1ccc(NCc2ccc3c(c2)CN(C2CCC(=O)NC2=O)C3=O)c2c1CCCC2. The molecule has 4 N–H and O–H groups in total. The van der Waals surface area contributed by atoms with E-state index in [0.29, 0.717) is 25.1 Å². The Morgan fingerprint density at radius 2 is 1.84 bits per heavy atom. The number of hydrogen-bond acceptors (Lipinski definition) is 5. The van der Waals surface area contributed by atoms with E-state index in [1.165, 1.54) is 24.0 Å². The predicted octanol–water partition coefficient (Wildman–Crippen LogP) is 2.52. The molecule has 2 aliphatic heterocycles. The average molecular weight is 418 g/mol. The minimum atomic E-state index is -0.583. The van der Waals surface area contributed by atoms with E-state index in [-0.39, 0.29) is 24.1 Å². The van der Waals surface area contributed by atoms with E-state index >= 15 is 0 Å². The van der Waals surface area contributed by atoms with Crippen molar-refractivity contribution in [2.45, 2.75) is 57.7 Å². The maximum absolute atomic E-state index is 12.8. The molecule has 3 amide bonds. The molecule has 5 rings (SSSR count). The van der Waals surface area contributed by atoms with Crippen molar-refractivity contribution >= 4 is 29.1 Å². The standard InChI is InChI=1S/C24H26N4O3/c25-19-7-8-20(18-4-2-1-3-17(18)19)26-12-14-5-6-16-15(11-14)13-28(24(16)31)21-9-10-22(29)27-23(21)30/h5-8,11,21,26H,1-4,9-10,12-13,25H2,(H,27,29,30). The third-order valence-electron chi connectivity index (χ3n) is 6.64. The normalized spacial score (nSPS) is 20.3. The lowest BCUT2D eigenvalue weighted by Gasteiger charge is -2.29. The third-order valence-corrected chi connectivity index (χ3v) is 6.64. The number of nitrogens with zero attached hydrogens (tertiary/aromatic N) is 1. The maximum Gasteiger partial charge on any atom is 0.255 e. The van der Waals surface area contributed by atoms with E-state index in [9.17, 15) is 14.4 Å². The van der Waals surface area contributed by atoms with Gasteiger partial charge >= 0.3 is 0 Å². The van der Waals surface area contributed by atoms with E-state index in [1.807, 2.05) is 24.3 Å². The Morgan fingerprint density at radius 1 is 1.03 bits per heavy atom. The van der Waals surface area contributed by atoms with Gasteiger partial charge in [0.25, 0.3) is 5.91 Å². The maximum atomic E-state index is 12.8. The molecule has 1 atom stereocenters. The van der Waals surface area contributed by atoms with Crippen LogP contribution in [0, 0.1) is 0 Å². The largest absolute Gasteiger partial charge is 0.398 e. The van der Waals surface area contributed by atoms with Crippen molar-refractivity contribution < 1.29 is 14.4 Å². The number of amides is 3. The van der Waals surface area contributed by atoms with E-state index in [1.54, 1.807) is 4.90 Å². The van der Waals surface area contributed by atoms with Gasteiger partial charge in [0.2, 0.25) is 11.8 Å². The molecule has 0 spiro atoms. The van der Waals surface area contributed by atoms with Gasteiger partial charge in [0.05, 0.1) is 0 Å². The molecule has 2 heterocycles. The van der Waals surface area contributed by atoms with Crippen LogP contribution in [0.2, 0.25) is 0 Å². The van der Waals surface area contributed by atoms with Crippen LogP contribution < -0.4 is 16.4 Å². The quantitative estimate of drug-likeness (QED) is 0.523. The number of hydrogen-bond donors (Lipinski definition) is 3. The Morgan fingerprint density at radius 3 is 2.65 bits per heavy atom.